The number of para-hydroxylation sites is 1. The lowest BCUT2D eigenvalue weighted by molar-refractivity contribution is -0.118. The fraction of sp³-hybridized carbons (Fsp3) is 0.316. The maximum absolute atomic E-state index is 12.7. The second-order valence-electron chi connectivity index (χ2n) is 5.99. The maximum Gasteiger partial charge on any atom is 0.242 e. The molecule has 0 aliphatic heterocycles. The zero-order valence-electron chi connectivity index (χ0n) is 14.8. The third kappa shape index (κ3) is 5.41. The van der Waals surface area contributed by atoms with Crippen molar-refractivity contribution < 1.29 is 13.2 Å². The Hall–Kier alpha value is -2.18. The second kappa shape index (κ2) is 8.27. The van der Waals surface area contributed by atoms with E-state index in [4.69, 9.17) is 0 Å². The molecule has 5 nitrogen and oxygen atoms in total. The van der Waals surface area contributed by atoms with Crippen molar-refractivity contribution in [1.29, 1.82) is 0 Å². The van der Waals surface area contributed by atoms with Crippen LogP contribution in [0.25, 0.3) is 0 Å². The number of carbonyl (C=O) groups excluding carboxylic acids is 1. The molecule has 25 heavy (non-hydrogen) atoms. The molecule has 0 saturated carbocycles. The first kappa shape index (κ1) is 19.1. The number of rotatable bonds is 7. The summed E-state index contributed by atoms with van der Waals surface area (Å²) in [6.45, 7) is 4.29. The minimum absolute atomic E-state index is 0.179. The number of likely N-dealkylation sites (N-methyl/N-ethyl adjacent to an activating group) is 1. The summed E-state index contributed by atoms with van der Waals surface area (Å²) in [6, 6.07) is 16.9. The van der Waals surface area contributed by atoms with Gasteiger partial charge in [-0.1, -0.05) is 48.0 Å². The van der Waals surface area contributed by atoms with Crippen LogP contribution in [0.2, 0.25) is 0 Å². The number of hydrogen-bond acceptors (Lipinski definition) is 3. The van der Waals surface area contributed by atoms with Crippen LogP contribution in [0.4, 0.5) is 5.69 Å². The lowest BCUT2D eigenvalue weighted by Gasteiger charge is -2.25. The molecule has 0 N–H and O–H groups in total. The molecule has 0 aliphatic carbocycles. The summed E-state index contributed by atoms with van der Waals surface area (Å²) in [7, 11) is -3.51. The van der Waals surface area contributed by atoms with Crippen molar-refractivity contribution >= 4 is 21.6 Å². The van der Waals surface area contributed by atoms with Gasteiger partial charge in [-0.2, -0.15) is 4.31 Å². The minimum Gasteiger partial charge on any atom is -0.312 e. The van der Waals surface area contributed by atoms with Gasteiger partial charge >= 0.3 is 0 Å². The van der Waals surface area contributed by atoms with E-state index in [0.29, 0.717) is 6.54 Å². The monoisotopic (exact) mass is 360 g/mol. The average molecular weight is 360 g/mol. The van der Waals surface area contributed by atoms with Crippen molar-refractivity contribution in [2.75, 3.05) is 24.2 Å². The van der Waals surface area contributed by atoms with E-state index in [1.54, 1.807) is 4.90 Å². The molecule has 0 aliphatic rings. The van der Waals surface area contributed by atoms with Crippen molar-refractivity contribution in [2.45, 2.75) is 20.4 Å². The third-order valence-corrected chi connectivity index (χ3v) is 5.10. The molecule has 0 bridgehead atoms. The highest BCUT2D eigenvalue weighted by Gasteiger charge is 2.24. The Morgan fingerprint density at radius 1 is 1.04 bits per heavy atom. The van der Waals surface area contributed by atoms with E-state index in [9.17, 15) is 13.2 Å². The molecule has 0 heterocycles. The van der Waals surface area contributed by atoms with Gasteiger partial charge in [-0.3, -0.25) is 4.79 Å². The van der Waals surface area contributed by atoms with Crippen LogP contribution in [0, 0.1) is 6.92 Å². The normalized spacial score (nSPS) is 11.5. The summed E-state index contributed by atoms with van der Waals surface area (Å²) < 4.78 is 25.5. The first-order valence-corrected chi connectivity index (χ1v) is 10.0. The van der Waals surface area contributed by atoms with Crippen LogP contribution >= 0.6 is 0 Å². The molecule has 0 aromatic heterocycles. The standard InChI is InChI=1S/C19H24N2O3S/c1-4-21(18-11-6-5-7-12-18)19(22)15-20(25(3,23)24)14-17-10-8-9-16(2)13-17/h5-13H,4,14-15H2,1-3H3. The van der Waals surface area contributed by atoms with Crippen LogP contribution in [-0.4, -0.2) is 38.0 Å². The van der Waals surface area contributed by atoms with Gasteiger partial charge in [0.05, 0.1) is 12.8 Å². The number of amides is 1. The maximum atomic E-state index is 12.7. The number of benzene rings is 2. The molecule has 0 spiro atoms. The topological polar surface area (TPSA) is 57.7 Å². The first-order valence-electron chi connectivity index (χ1n) is 8.17. The SMILES string of the molecule is CCN(C(=O)CN(Cc1cccc(C)c1)S(C)(=O)=O)c1ccccc1. The Morgan fingerprint density at radius 2 is 1.72 bits per heavy atom. The van der Waals surface area contributed by atoms with Crippen LogP contribution < -0.4 is 4.90 Å². The van der Waals surface area contributed by atoms with Crippen LogP contribution in [0.1, 0.15) is 18.1 Å². The Kier molecular flexibility index (Phi) is 6.33. The van der Waals surface area contributed by atoms with E-state index in [1.807, 2.05) is 68.4 Å². The number of sulfonamides is 1. The van der Waals surface area contributed by atoms with Gasteiger partial charge in [0.25, 0.3) is 0 Å². The van der Waals surface area contributed by atoms with Crippen molar-refractivity contribution in [3.8, 4) is 0 Å². The smallest absolute Gasteiger partial charge is 0.242 e. The fourth-order valence-corrected chi connectivity index (χ4v) is 3.38. The first-order chi connectivity index (χ1) is 11.8. The van der Waals surface area contributed by atoms with E-state index >= 15 is 0 Å². The van der Waals surface area contributed by atoms with Crippen LogP contribution in [0.15, 0.2) is 54.6 Å². The van der Waals surface area contributed by atoms with Gasteiger partial charge in [0.1, 0.15) is 0 Å². The fourth-order valence-electron chi connectivity index (χ4n) is 2.65. The molecule has 2 rings (SSSR count). The van der Waals surface area contributed by atoms with Crippen LogP contribution in [-0.2, 0) is 21.4 Å². The van der Waals surface area contributed by atoms with Crippen molar-refractivity contribution in [2.24, 2.45) is 0 Å². The van der Waals surface area contributed by atoms with E-state index in [0.717, 1.165) is 23.1 Å². The van der Waals surface area contributed by atoms with Gasteiger partial charge in [-0.15, -0.1) is 0 Å². The molecular weight excluding hydrogens is 336 g/mol. The van der Waals surface area contributed by atoms with E-state index in [-0.39, 0.29) is 19.0 Å². The Balaban J connectivity index is 2.20. The highest BCUT2D eigenvalue weighted by molar-refractivity contribution is 7.88. The van der Waals surface area contributed by atoms with Gasteiger partial charge in [0, 0.05) is 18.8 Å². The zero-order valence-corrected chi connectivity index (χ0v) is 15.7. The van der Waals surface area contributed by atoms with Crippen molar-refractivity contribution in [1.82, 2.24) is 4.31 Å². The Labute approximate surface area is 149 Å². The molecule has 6 heteroatoms. The van der Waals surface area contributed by atoms with Gasteiger partial charge < -0.3 is 4.90 Å². The highest BCUT2D eigenvalue weighted by Crippen LogP contribution is 2.15. The number of anilines is 1. The molecular formula is C19H24N2O3S. The summed E-state index contributed by atoms with van der Waals surface area (Å²) in [5.41, 5.74) is 2.68. The van der Waals surface area contributed by atoms with Gasteiger partial charge in [-0.25, -0.2) is 8.42 Å². The Bertz CT molecular complexity index is 820. The summed E-state index contributed by atoms with van der Waals surface area (Å²) >= 11 is 0. The van der Waals surface area contributed by atoms with Crippen molar-refractivity contribution in [3.63, 3.8) is 0 Å². The lowest BCUT2D eigenvalue weighted by atomic mass is 10.1. The molecule has 2 aromatic carbocycles. The highest BCUT2D eigenvalue weighted by atomic mass is 32.2. The number of nitrogens with zero attached hydrogens (tertiary/aromatic N) is 2. The molecule has 1 amide bonds. The number of aryl methyl sites for hydroxylation is 1. The van der Waals surface area contributed by atoms with Gasteiger partial charge in [0.2, 0.25) is 15.9 Å². The van der Waals surface area contributed by atoms with Crippen molar-refractivity contribution in [3.05, 3.63) is 65.7 Å². The van der Waals surface area contributed by atoms with Crippen LogP contribution in [0.3, 0.4) is 0 Å². The average Bonchev–Trinajstić information content (AvgIpc) is 2.55. The van der Waals surface area contributed by atoms with E-state index in [1.165, 1.54) is 4.31 Å². The molecule has 2 aromatic rings. The number of carbonyl (C=O) groups is 1. The molecule has 0 atom stereocenters. The zero-order chi connectivity index (χ0) is 18.4. The lowest BCUT2D eigenvalue weighted by Crippen LogP contribution is -2.42. The number of hydrogen-bond donors (Lipinski definition) is 0. The third-order valence-electron chi connectivity index (χ3n) is 3.91. The minimum atomic E-state index is -3.51. The molecule has 0 fully saturated rings. The quantitative estimate of drug-likeness (QED) is 0.763. The molecule has 0 radical (unpaired) electrons. The summed E-state index contributed by atoms with van der Waals surface area (Å²) in [5, 5.41) is 0. The summed E-state index contributed by atoms with van der Waals surface area (Å²) in [6.07, 6.45) is 1.13. The molecule has 0 unspecified atom stereocenters. The predicted molar refractivity (Wildman–Crippen MR) is 101 cm³/mol. The van der Waals surface area contributed by atoms with E-state index < -0.39 is 10.0 Å². The Morgan fingerprint density at radius 3 is 2.28 bits per heavy atom. The summed E-state index contributed by atoms with van der Waals surface area (Å²) in [5.74, 6) is -0.244. The summed E-state index contributed by atoms with van der Waals surface area (Å²) in [4.78, 5) is 14.3. The molecule has 0 saturated heterocycles. The van der Waals surface area contributed by atoms with Gasteiger partial charge in [-0.05, 0) is 31.5 Å². The molecule has 134 valence electrons. The predicted octanol–water partition coefficient (Wildman–Crippen LogP) is 2.81. The van der Waals surface area contributed by atoms with Crippen LogP contribution in [0.5, 0.6) is 0 Å². The largest absolute Gasteiger partial charge is 0.312 e. The second-order valence-corrected chi connectivity index (χ2v) is 7.98. The van der Waals surface area contributed by atoms with E-state index in [2.05, 4.69) is 0 Å². The van der Waals surface area contributed by atoms with Gasteiger partial charge in [0.15, 0.2) is 0 Å².